The SMILES string of the molecule is COC1=NCCCOC1. The van der Waals surface area contributed by atoms with Gasteiger partial charge in [0.15, 0.2) is 0 Å². The first-order chi connectivity index (χ1) is 4.43. The van der Waals surface area contributed by atoms with Crippen molar-refractivity contribution in [2.45, 2.75) is 6.42 Å². The Hall–Kier alpha value is -0.570. The molecule has 0 spiro atoms. The van der Waals surface area contributed by atoms with Gasteiger partial charge in [0, 0.05) is 13.2 Å². The summed E-state index contributed by atoms with van der Waals surface area (Å²) in [7, 11) is 1.62. The fourth-order valence-corrected chi connectivity index (χ4v) is 0.699. The summed E-state index contributed by atoms with van der Waals surface area (Å²) in [5.74, 6) is 0.715. The summed E-state index contributed by atoms with van der Waals surface area (Å²) < 4.78 is 10.0. The molecule has 0 aromatic carbocycles. The van der Waals surface area contributed by atoms with E-state index in [0.29, 0.717) is 12.5 Å². The van der Waals surface area contributed by atoms with Gasteiger partial charge < -0.3 is 9.47 Å². The summed E-state index contributed by atoms with van der Waals surface area (Å²) in [5.41, 5.74) is 0. The van der Waals surface area contributed by atoms with Gasteiger partial charge in [0.1, 0.15) is 6.61 Å². The monoisotopic (exact) mass is 129 g/mol. The molecule has 1 rings (SSSR count). The largest absolute Gasteiger partial charge is 0.483 e. The first-order valence-corrected chi connectivity index (χ1v) is 3.08. The molecule has 0 atom stereocenters. The van der Waals surface area contributed by atoms with Crippen LogP contribution in [0.2, 0.25) is 0 Å². The third-order valence-corrected chi connectivity index (χ3v) is 1.20. The van der Waals surface area contributed by atoms with Crippen LogP contribution in [-0.2, 0) is 9.47 Å². The highest BCUT2D eigenvalue weighted by Gasteiger charge is 2.01. The van der Waals surface area contributed by atoms with Crippen molar-refractivity contribution in [1.29, 1.82) is 0 Å². The van der Waals surface area contributed by atoms with Crippen molar-refractivity contribution in [3.8, 4) is 0 Å². The van der Waals surface area contributed by atoms with Gasteiger partial charge in [0.25, 0.3) is 0 Å². The lowest BCUT2D eigenvalue weighted by Crippen LogP contribution is -2.08. The Morgan fingerprint density at radius 1 is 1.67 bits per heavy atom. The van der Waals surface area contributed by atoms with Gasteiger partial charge in [-0.1, -0.05) is 0 Å². The average molecular weight is 129 g/mol. The van der Waals surface area contributed by atoms with E-state index in [-0.39, 0.29) is 0 Å². The molecule has 1 aliphatic heterocycles. The number of hydrogen-bond donors (Lipinski definition) is 0. The molecule has 0 amide bonds. The van der Waals surface area contributed by atoms with E-state index in [1.54, 1.807) is 7.11 Å². The summed E-state index contributed by atoms with van der Waals surface area (Å²) in [5, 5.41) is 0. The molecule has 0 aromatic rings. The molecule has 1 aliphatic rings. The maximum atomic E-state index is 5.14. The molecule has 0 bridgehead atoms. The number of ether oxygens (including phenoxy) is 2. The normalized spacial score (nSPS) is 20.3. The molecule has 0 unspecified atom stereocenters. The van der Waals surface area contributed by atoms with E-state index in [1.165, 1.54) is 0 Å². The highest BCUT2D eigenvalue weighted by atomic mass is 16.5. The summed E-state index contributed by atoms with van der Waals surface area (Å²) in [6.45, 7) is 2.18. The molecule has 52 valence electrons. The molecular weight excluding hydrogens is 118 g/mol. The molecule has 0 saturated carbocycles. The number of nitrogens with zero attached hydrogens (tertiary/aromatic N) is 1. The van der Waals surface area contributed by atoms with Gasteiger partial charge >= 0.3 is 0 Å². The molecule has 3 nitrogen and oxygen atoms in total. The van der Waals surface area contributed by atoms with Crippen LogP contribution in [0.1, 0.15) is 6.42 Å². The van der Waals surface area contributed by atoms with Crippen LogP contribution in [0.5, 0.6) is 0 Å². The predicted molar refractivity (Wildman–Crippen MR) is 34.7 cm³/mol. The minimum absolute atomic E-state index is 0.538. The lowest BCUT2D eigenvalue weighted by atomic mass is 10.5. The highest BCUT2D eigenvalue weighted by molar-refractivity contribution is 5.77. The Morgan fingerprint density at radius 3 is 3.33 bits per heavy atom. The first-order valence-electron chi connectivity index (χ1n) is 3.08. The summed E-state index contributed by atoms with van der Waals surface area (Å²) in [6, 6.07) is 0. The van der Waals surface area contributed by atoms with Crippen molar-refractivity contribution in [2.75, 3.05) is 26.9 Å². The maximum Gasteiger partial charge on any atom is 0.209 e. The van der Waals surface area contributed by atoms with Gasteiger partial charge in [-0.25, -0.2) is 0 Å². The van der Waals surface area contributed by atoms with Crippen molar-refractivity contribution in [3.63, 3.8) is 0 Å². The minimum atomic E-state index is 0.538. The molecule has 0 aliphatic carbocycles. The van der Waals surface area contributed by atoms with Gasteiger partial charge in [-0.05, 0) is 6.42 Å². The van der Waals surface area contributed by atoms with Crippen LogP contribution in [0.3, 0.4) is 0 Å². The van der Waals surface area contributed by atoms with Crippen molar-refractivity contribution < 1.29 is 9.47 Å². The standard InChI is InChI=1S/C6H11NO2/c1-8-6-5-9-4-2-3-7-6/h2-5H2,1H3. The van der Waals surface area contributed by atoms with Crippen LogP contribution in [0.15, 0.2) is 4.99 Å². The summed E-state index contributed by atoms with van der Waals surface area (Å²) >= 11 is 0. The van der Waals surface area contributed by atoms with Crippen molar-refractivity contribution in [3.05, 3.63) is 0 Å². The lowest BCUT2D eigenvalue weighted by molar-refractivity contribution is 0.162. The molecule has 0 aromatic heterocycles. The second kappa shape index (κ2) is 3.45. The highest BCUT2D eigenvalue weighted by Crippen LogP contribution is 1.93. The minimum Gasteiger partial charge on any atom is -0.483 e. The van der Waals surface area contributed by atoms with Gasteiger partial charge in [-0.2, -0.15) is 0 Å². The van der Waals surface area contributed by atoms with Gasteiger partial charge in [-0.3, -0.25) is 4.99 Å². The van der Waals surface area contributed by atoms with E-state index >= 15 is 0 Å². The fraction of sp³-hybridized carbons (Fsp3) is 0.833. The predicted octanol–water partition coefficient (Wildman–Crippen LogP) is 0.452. The Morgan fingerprint density at radius 2 is 2.56 bits per heavy atom. The number of aliphatic imine (C=N–C) groups is 1. The topological polar surface area (TPSA) is 30.8 Å². The van der Waals surface area contributed by atoms with Crippen molar-refractivity contribution >= 4 is 5.90 Å². The molecule has 1 heterocycles. The van der Waals surface area contributed by atoms with Crippen LogP contribution in [0.4, 0.5) is 0 Å². The number of hydrogen-bond acceptors (Lipinski definition) is 3. The Bertz CT molecular complexity index is 112. The van der Waals surface area contributed by atoms with Crippen LogP contribution in [-0.4, -0.2) is 32.8 Å². The van der Waals surface area contributed by atoms with Crippen molar-refractivity contribution in [1.82, 2.24) is 0 Å². The third kappa shape index (κ3) is 2.01. The van der Waals surface area contributed by atoms with E-state index in [9.17, 15) is 0 Å². The molecule has 0 saturated heterocycles. The van der Waals surface area contributed by atoms with E-state index in [4.69, 9.17) is 9.47 Å². The quantitative estimate of drug-likeness (QED) is 0.475. The zero-order valence-electron chi connectivity index (χ0n) is 5.59. The zero-order chi connectivity index (χ0) is 6.53. The lowest BCUT2D eigenvalue weighted by Gasteiger charge is -1.99. The van der Waals surface area contributed by atoms with E-state index in [0.717, 1.165) is 19.6 Å². The third-order valence-electron chi connectivity index (χ3n) is 1.20. The second-order valence-corrected chi connectivity index (χ2v) is 1.89. The van der Waals surface area contributed by atoms with Crippen LogP contribution in [0, 0.1) is 0 Å². The average Bonchev–Trinajstić information content (AvgIpc) is 2.13. The molecule has 9 heavy (non-hydrogen) atoms. The molecule has 0 fully saturated rings. The second-order valence-electron chi connectivity index (χ2n) is 1.89. The van der Waals surface area contributed by atoms with Crippen LogP contribution < -0.4 is 0 Å². The van der Waals surface area contributed by atoms with Crippen LogP contribution >= 0.6 is 0 Å². The molecule has 3 heteroatoms. The Labute approximate surface area is 54.7 Å². The fourth-order valence-electron chi connectivity index (χ4n) is 0.699. The van der Waals surface area contributed by atoms with Crippen molar-refractivity contribution in [2.24, 2.45) is 4.99 Å². The van der Waals surface area contributed by atoms with Gasteiger partial charge in [0.05, 0.1) is 7.11 Å². The van der Waals surface area contributed by atoms with Gasteiger partial charge in [-0.15, -0.1) is 0 Å². The van der Waals surface area contributed by atoms with Crippen LogP contribution in [0.25, 0.3) is 0 Å². The van der Waals surface area contributed by atoms with E-state index in [1.807, 2.05) is 0 Å². The summed E-state index contributed by atoms with van der Waals surface area (Å²) in [4.78, 5) is 4.11. The molecule has 0 N–H and O–H groups in total. The number of rotatable bonds is 0. The number of methoxy groups -OCH3 is 1. The maximum absolute atomic E-state index is 5.14. The summed E-state index contributed by atoms with van der Waals surface area (Å²) in [6.07, 6.45) is 1.01. The van der Waals surface area contributed by atoms with Gasteiger partial charge in [0.2, 0.25) is 5.90 Å². The molecule has 0 radical (unpaired) electrons. The Balaban J connectivity index is 2.37. The van der Waals surface area contributed by atoms with E-state index < -0.39 is 0 Å². The smallest absolute Gasteiger partial charge is 0.209 e. The molecular formula is C6H11NO2. The Kier molecular flexibility index (Phi) is 2.51. The first kappa shape index (κ1) is 6.55. The zero-order valence-corrected chi connectivity index (χ0v) is 5.59. The van der Waals surface area contributed by atoms with E-state index in [2.05, 4.69) is 4.99 Å².